The standard InChI is InChI=1S/C11H15N5O4/c1-6-3-16(11(19)13-10(6)18)4-7-2-8(14-15-12)9(5-17)20-7/h3,7-9,17H,2,4-5H2,1H3,(H,13,18,19). The number of aliphatic hydroxyl groups excluding tert-OH is 1. The molecule has 0 saturated carbocycles. The number of aromatic nitrogens is 2. The maximum atomic E-state index is 11.7. The zero-order chi connectivity index (χ0) is 14.7. The summed E-state index contributed by atoms with van der Waals surface area (Å²) < 4.78 is 6.88. The molecule has 2 rings (SSSR count). The van der Waals surface area contributed by atoms with Gasteiger partial charge in [-0.3, -0.25) is 14.3 Å². The Labute approximate surface area is 113 Å². The number of aryl methyl sites for hydroxylation is 1. The first-order valence-electron chi connectivity index (χ1n) is 6.16. The van der Waals surface area contributed by atoms with Gasteiger partial charge in [0.15, 0.2) is 0 Å². The third-order valence-corrected chi connectivity index (χ3v) is 3.27. The normalized spacial score (nSPS) is 25.4. The van der Waals surface area contributed by atoms with Gasteiger partial charge in [0, 0.05) is 16.7 Å². The predicted molar refractivity (Wildman–Crippen MR) is 69.4 cm³/mol. The van der Waals surface area contributed by atoms with Crippen molar-refractivity contribution in [2.75, 3.05) is 6.61 Å². The lowest BCUT2D eigenvalue weighted by atomic mass is 10.1. The van der Waals surface area contributed by atoms with Crippen molar-refractivity contribution in [2.45, 2.75) is 38.1 Å². The molecule has 108 valence electrons. The molecule has 2 heterocycles. The van der Waals surface area contributed by atoms with Crippen molar-refractivity contribution in [1.82, 2.24) is 9.55 Å². The van der Waals surface area contributed by atoms with E-state index in [1.807, 2.05) is 0 Å². The van der Waals surface area contributed by atoms with Crippen molar-refractivity contribution in [3.63, 3.8) is 0 Å². The van der Waals surface area contributed by atoms with Crippen molar-refractivity contribution in [2.24, 2.45) is 5.11 Å². The second-order valence-electron chi connectivity index (χ2n) is 4.71. The molecular weight excluding hydrogens is 266 g/mol. The van der Waals surface area contributed by atoms with E-state index in [4.69, 9.17) is 15.4 Å². The quantitative estimate of drug-likeness (QED) is 0.444. The number of hydrogen-bond acceptors (Lipinski definition) is 5. The number of nitrogens with zero attached hydrogens (tertiary/aromatic N) is 4. The molecule has 3 atom stereocenters. The van der Waals surface area contributed by atoms with E-state index in [0.717, 1.165) is 0 Å². The molecule has 0 radical (unpaired) electrons. The highest BCUT2D eigenvalue weighted by Crippen LogP contribution is 2.24. The number of rotatable bonds is 4. The Morgan fingerprint density at radius 1 is 1.65 bits per heavy atom. The zero-order valence-electron chi connectivity index (χ0n) is 10.9. The first kappa shape index (κ1) is 14.3. The Hall–Kier alpha value is -2.09. The molecule has 0 aromatic carbocycles. The summed E-state index contributed by atoms with van der Waals surface area (Å²) in [5, 5.41) is 12.7. The van der Waals surface area contributed by atoms with Crippen LogP contribution in [0, 0.1) is 6.92 Å². The van der Waals surface area contributed by atoms with Gasteiger partial charge in [-0.1, -0.05) is 5.11 Å². The van der Waals surface area contributed by atoms with Gasteiger partial charge in [-0.2, -0.15) is 0 Å². The summed E-state index contributed by atoms with van der Waals surface area (Å²) in [6.07, 6.45) is 0.959. The van der Waals surface area contributed by atoms with E-state index in [0.29, 0.717) is 12.0 Å². The third kappa shape index (κ3) is 2.90. The number of H-pyrrole nitrogens is 1. The Kier molecular flexibility index (Phi) is 4.23. The van der Waals surface area contributed by atoms with Crippen molar-refractivity contribution < 1.29 is 9.84 Å². The molecular formula is C11H15N5O4. The summed E-state index contributed by atoms with van der Waals surface area (Å²) in [7, 11) is 0. The highest BCUT2D eigenvalue weighted by Gasteiger charge is 2.34. The smallest absolute Gasteiger partial charge is 0.328 e. The summed E-state index contributed by atoms with van der Waals surface area (Å²) in [5.74, 6) is 0. The van der Waals surface area contributed by atoms with Gasteiger partial charge < -0.3 is 9.84 Å². The average molecular weight is 281 g/mol. The van der Waals surface area contributed by atoms with Crippen LogP contribution >= 0.6 is 0 Å². The molecule has 20 heavy (non-hydrogen) atoms. The minimum absolute atomic E-state index is 0.227. The monoisotopic (exact) mass is 281 g/mol. The summed E-state index contributed by atoms with van der Waals surface area (Å²) in [6.45, 7) is 1.58. The van der Waals surface area contributed by atoms with E-state index in [9.17, 15) is 9.59 Å². The molecule has 0 spiro atoms. The van der Waals surface area contributed by atoms with Gasteiger partial charge in [0.1, 0.15) is 0 Å². The van der Waals surface area contributed by atoms with Gasteiger partial charge in [-0.05, 0) is 18.9 Å². The highest BCUT2D eigenvalue weighted by molar-refractivity contribution is 5.01. The largest absolute Gasteiger partial charge is 0.394 e. The van der Waals surface area contributed by atoms with Gasteiger partial charge in [-0.15, -0.1) is 0 Å². The molecule has 1 aliphatic rings. The Bertz CT molecular complexity index is 645. The van der Waals surface area contributed by atoms with Crippen LogP contribution in [0.3, 0.4) is 0 Å². The van der Waals surface area contributed by atoms with Gasteiger partial charge in [0.05, 0.1) is 31.4 Å². The SMILES string of the molecule is Cc1cn(CC2CC(N=[N+]=[N-])C(CO)O2)c(=O)[nH]c1=O. The van der Waals surface area contributed by atoms with Gasteiger partial charge in [-0.25, -0.2) is 4.79 Å². The molecule has 1 aliphatic heterocycles. The van der Waals surface area contributed by atoms with Crippen LogP contribution in [-0.2, 0) is 11.3 Å². The minimum Gasteiger partial charge on any atom is -0.394 e. The van der Waals surface area contributed by atoms with Crippen LogP contribution in [0.25, 0.3) is 10.4 Å². The van der Waals surface area contributed by atoms with Gasteiger partial charge >= 0.3 is 5.69 Å². The van der Waals surface area contributed by atoms with E-state index in [-0.39, 0.29) is 19.3 Å². The molecule has 2 N–H and O–H groups in total. The lowest BCUT2D eigenvalue weighted by Crippen LogP contribution is -2.34. The molecule has 1 fully saturated rings. The van der Waals surface area contributed by atoms with E-state index >= 15 is 0 Å². The van der Waals surface area contributed by atoms with Crippen molar-refractivity contribution in [3.05, 3.63) is 43.0 Å². The average Bonchev–Trinajstić information content (AvgIpc) is 2.78. The molecule has 0 bridgehead atoms. The third-order valence-electron chi connectivity index (χ3n) is 3.27. The molecule has 0 aliphatic carbocycles. The lowest BCUT2D eigenvalue weighted by molar-refractivity contribution is 0.00102. The number of nitrogens with one attached hydrogen (secondary N) is 1. The number of azide groups is 1. The summed E-state index contributed by atoms with van der Waals surface area (Å²) in [4.78, 5) is 27.9. The van der Waals surface area contributed by atoms with E-state index in [1.165, 1.54) is 10.8 Å². The Morgan fingerprint density at radius 3 is 3.05 bits per heavy atom. The van der Waals surface area contributed by atoms with Crippen LogP contribution in [0.5, 0.6) is 0 Å². The molecule has 3 unspecified atom stereocenters. The fourth-order valence-electron chi connectivity index (χ4n) is 2.26. The van der Waals surface area contributed by atoms with Crippen molar-refractivity contribution in [1.29, 1.82) is 0 Å². The maximum absolute atomic E-state index is 11.7. The van der Waals surface area contributed by atoms with Crippen LogP contribution in [0.4, 0.5) is 0 Å². The molecule has 1 aromatic heterocycles. The Balaban J connectivity index is 2.16. The maximum Gasteiger partial charge on any atom is 0.328 e. The van der Waals surface area contributed by atoms with Crippen molar-refractivity contribution >= 4 is 0 Å². The highest BCUT2D eigenvalue weighted by atomic mass is 16.5. The van der Waals surface area contributed by atoms with Crippen LogP contribution in [-0.4, -0.2) is 39.5 Å². The number of aromatic amines is 1. The first-order valence-corrected chi connectivity index (χ1v) is 6.16. The molecule has 0 amide bonds. The minimum atomic E-state index is -0.560. The second kappa shape index (κ2) is 5.91. The first-order chi connectivity index (χ1) is 9.55. The number of aliphatic hydroxyl groups is 1. The fourth-order valence-corrected chi connectivity index (χ4v) is 2.26. The fraction of sp³-hybridized carbons (Fsp3) is 0.636. The second-order valence-corrected chi connectivity index (χ2v) is 4.71. The molecule has 9 heteroatoms. The van der Waals surface area contributed by atoms with E-state index < -0.39 is 23.4 Å². The van der Waals surface area contributed by atoms with Crippen LogP contribution in [0.1, 0.15) is 12.0 Å². The summed E-state index contributed by atoms with van der Waals surface area (Å²) in [6, 6.07) is -0.449. The number of hydrogen-bond donors (Lipinski definition) is 2. The van der Waals surface area contributed by atoms with Gasteiger partial charge in [0.25, 0.3) is 5.56 Å². The summed E-state index contributed by atoms with van der Waals surface area (Å²) >= 11 is 0. The van der Waals surface area contributed by atoms with E-state index in [1.54, 1.807) is 6.92 Å². The molecule has 1 saturated heterocycles. The molecule has 1 aromatic rings. The lowest BCUT2D eigenvalue weighted by Gasteiger charge is -2.13. The molecule has 9 nitrogen and oxygen atoms in total. The van der Waals surface area contributed by atoms with E-state index in [2.05, 4.69) is 15.0 Å². The Morgan fingerprint density at radius 2 is 2.40 bits per heavy atom. The van der Waals surface area contributed by atoms with Crippen molar-refractivity contribution in [3.8, 4) is 0 Å². The summed E-state index contributed by atoms with van der Waals surface area (Å²) in [5.41, 5.74) is 7.94. The topological polar surface area (TPSA) is 133 Å². The van der Waals surface area contributed by atoms with Crippen LogP contribution < -0.4 is 11.2 Å². The number of ether oxygens (including phenoxy) is 1. The van der Waals surface area contributed by atoms with Gasteiger partial charge in [0.2, 0.25) is 0 Å². The zero-order valence-corrected chi connectivity index (χ0v) is 10.9. The predicted octanol–water partition coefficient (Wildman–Crippen LogP) is -0.326. The van der Waals surface area contributed by atoms with Crippen LogP contribution in [0.2, 0.25) is 0 Å². The van der Waals surface area contributed by atoms with Crippen LogP contribution in [0.15, 0.2) is 20.9 Å².